The monoisotopic (exact) mass is 382 g/mol. The van der Waals surface area contributed by atoms with Crippen molar-refractivity contribution in [1.82, 2.24) is 19.5 Å². The van der Waals surface area contributed by atoms with Gasteiger partial charge in [0.2, 0.25) is 15.9 Å². The Bertz CT molecular complexity index is 777. The van der Waals surface area contributed by atoms with Crippen LogP contribution in [0.3, 0.4) is 0 Å². The van der Waals surface area contributed by atoms with Crippen molar-refractivity contribution in [3.63, 3.8) is 0 Å². The van der Waals surface area contributed by atoms with Crippen LogP contribution in [0.1, 0.15) is 10.9 Å². The molecule has 0 aromatic carbocycles. The summed E-state index contributed by atoms with van der Waals surface area (Å²) in [6.07, 6.45) is 2.76. The summed E-state index contributed by atoms with van der Waals surface area (Å²) in [6, 6.07) is 7.02. The normalized spacial score (nSPS) is 13.2. The molecule has 0 spiro atoms. The lowest BCUT2D eigenvalue weighted by molar-refractivity contribution is -0.121. The van der Waals surface area contributed by atoms with Crippen LogP contribution in [0.2, 0.25) is 0 Å². The van der Waals surface area contributed by atoms with Gasteiger partial charge in [0.15, 0.2) is 0 Å². The lowest BCUT2D eigenvalue weighted by atomic mass is 10.2. The van der Waals surface area contributed by atoms with Gasteiger partial charge in [0.1, 0.15) is 4.90 Å². The van der Waals surface area contributed by atoms with Crippen LogP contribution in [-0.4, -0.2) is 62.7 Å². The molecule has 1 atom stereocenters. The van der Waals surface area contributed by atoms with E-state index in [0.29, 0.717) is 6.54 Å². The maximum absolute atomic E-state index is 12.4. The number of carbonyl (C=O) groups excluding carboxylic acids is 1. The molecule has 0 aliphatic carbocycles. The summed E-state index contributed by atoms with van der Waals surface area (Å²) in [4.78, 5) is 19.2. The number of nitrogens with one attached hydrogen (secondary N) is 1. The quantitative estimate of drug-likeness (QED) is 0.741. The van der Waals surface area contributed by atoms with E-state index < -0.39 is 10.0 Å². The van der Waals surface area contributed by atoms with Gasteiger partial charge in [-0.3, -0.25) is 9.78 Å². The van der Waals surface area contributed by atoms with Gasteiger partial charge in [0, 0.05) is 30.9 Å². The SMILES string of the molecule is CN(C)C(CNC(=O)CN(C)S(=O)(=O)c1cccnc1)c1cccs1. The van der Waals surface area contributed by atoms with Gasteiger partial charge in [-0.15, -0.1) is 11.3 Å². The van der Waals surface area contributed by atoms with Crippen molar-refractivity contribution >= 4 is 27.3 Å². The van der Waals surface area contributed by atoms with Crippen molar-refractivity contribution in [3.8, 4) is 0 Å². The van der Waals surface area contributed by atoms with E-state index in [1.54, 1.807) is 17.4 Å². The maximum Gasteiger partial charge on any atom is 0.244 e. The predicted molar refractivity (Wildman–Crippen MR) is 97.8 cm³/mol. The third-order valence-corrected chi connectivity index (χ3v) is 6.46. The van der Waals surface area contributed by atoms with Gasteiger partial charge in [-0.1, -0.05) is 6.07 Å². The Kier molecular flexibility index (Phi) is 6.65. The Morgan fingerprint density at radius 3 is 2.60 bits per heavy atom. The summed E-state index contributed by atoms with van der Waals surface area (Å²) < 4.78 is 25.8. The zero-order valence-electron chi connectivity index (χ0n) is 14.4. The molecule has 1 N–H and O–H groups in total. The fourth-order valence-electron chi connectivity index (χ4n) is 2.25. The van der Waals surface area contributed by atoms with E-state index in [2.05, 4.69) is 10.3 Å². The molecule has 7 nitrogen and oxygen atoms in total. The highest BCUT2D eigenvalue weighted by Gasteiger charge is 2.24. The van der Waals surface area contributed by atoms with Gasteiger partial charge in [-0.25, -0.2) is 8.42 Å². The number of hydrogen-bond donors (Lipinski definition) is 1. The zero-order valence-corrected chi connectivity index (χ0v) is 16.0. The van der Waals surface area contributed by atoms with Gasteiger partial charge in [-0.2, -0.15) is 4.31 Å². The first kappa shape index (κ1) is 19.5. The van der Waals surface area contributed by atoms with E-state index in [1.165, 1.54) is 25.5 Å². The average molecular weight is 383 g/mol. The molecule has 1 amide bonds. The minimum atomic E-state index is -3.73. The fourth-order valence-corrected chi connectivity index (χ4v) is 4.27. The number of aromatic nitrogens is 1. The number of carbonyl (C=O) groups is 1. The number of thiophene rings is 1. The molecule has 0 saturated carbocycles. The van der Waals surface area contributed by atoms with Crippen LogP contribution >= 0.6 is 11.3 Å². The van der Waals surface area contributed by atoms with Crippen molar-refractivity contribution in [2.45, 2.75) is 10.9 Å². The standard InChI is InChI=1S/C16H22N4O3S2/c1-19(2)14(15-7-5-9-24-15)11-18-16(21)12-20(3)25(22,23)13-6-4-8-17-10-13/h4-10,14H,11-12H2,1-3H3,(H,18,21). The van der Waals surface area contributed by atoms with Gasteiger partial charge in [0.25, 0.3) is 0 Å². The van der Waals surface area contributed by atoms with E-state index in [0.717, 1.165) is 9.18 Å². The predicted octanol–water partition coefficient (Wildman–Crippen LogP) is 1.18. The highest BCUT2D eigenvalue weighted by Crippen LogP contribution is 2.22. The van der Waals surface area contributed by atoms with Crippen molar-refractivity contribution in [3.05, 3.63) is 46.9 Å². The topological polar surface area (TPSA) is 82.6 Å². The molecule has 0 aliphatic rings. The van der Waals surface area contributed by atoms with Crippen molar-refractivity contribution < 1.29 is 13.2 Å². The Labute approximate surface area is 152 Å². The highest BCUT2D eigenvalue weighted by atomic mass is 32.2. The zero-order chi connectivity index (χ0) is 18.4. The first-order valence-electron chi connectivity index (χ1n) is 7.65. The van der Waals surface area contributed by atoms with Gasteiger partial charge in [0.05, 0.1) is 12.6 Å². The summed E-state index contributed by atoms with van der Waals surface area (Å²) in [5, 5.41) is 4.80. The molecule has 1 unspecified atom stereocenters. The highest BCUT2D eigenvalue weighted by molar-refractivity contribution is 7.89. The molecular formula is C16H22N4O3S2. The number of pyridine rings is 1. The largest absolute Gasteiger partial charge is 0.353 e. The smallest absolute Gasteiger partial charge is 0.244 e. The van der Waals surface area contributed by atoms with Crippen LogP contribution in [0.5, 0.6) is 0 Å². The Morgan fingerprint density at radius 1 is 1.28 bits per heavy atom. The fraction of sp³-hybridized carbons (Fsp3) is 0.375. The Balaban J connectivity index is 1.95. The second-order valence-corrected chi connectivity index (χ2v) is 8.77. The van der Waals surface area contributed by atoms with Gasteiger partial charge in [-0.05, 0) is 37.7 Å². The van der Waals surface area contributed by atoms with Gasteiger partial charge < -0.3 is 10.2 Å². The van der Waals surface area contributed by atoms with Crippen molar-refractivity contribution in [1.29, 1.82) is 0 Å². The van der Waals surface area contributed by atoms with E-state index in [-0.39, 0.29) is 23.4 Å². The van der Waals surface area contributed by atoms with Gasteiger partial charge >= 0.3 is 0 Å². The minimum absolute atomic E-state index is 0.0455. The summed E-state index contributed by atoms with van der Waals surface area (Å²) in [7, 11) is 1.53. The summed E-state index contributed by atoms with van der Waals surface area (Å²) in [5.74, 6) is -0.349. The van der Waals surface area contributed by atoms with Crippen molar-refractivity contribution in [2.24, 2.45) is 0 Å². The molecule has 0 radical (unpaired) electrons. The van der Waals surface area contributed by atoms with E-state index in [4.69, 9.17) is 0 Å². The first-order valence-corrected chi connectivity index (χ1v) is 9.97. The van der Waals surface area contributed by atoms with Crippen LogP contribution in [0.25, 0.3) is 0 Å². The molecular weight excluding hydrogens is 360 g/mol. The molecule has 9 heteroatoms. The first-order chi connectivity index (χ1) is 11.8. The second-order valence-electron chi connectivity index (χ2n) is 5.75. The molecule has 2 aromatic rings. The second kappa shape index (κ2) is 8.52. The average Bonchev–Trinajstić information content (AvgIpc) is 3.09. The molecule has 0 saturated heterocycles. The lowest BCUT2D eigenvalue weighted by Gasteiger charge is -2.24. The molecule has 2 aromatic heterocycles. The summed E-state index contributed by atoms with van der Waals surface area (Å²) in [5.41, 5.74) is 0. The summed E-state index contributed by atoms with van der Waals surface area (Å²) >= 11 is 1.62. The number of hydrogen-bond acceptors (Lipinski definition) is 6. The van der Waals surface area contributed by atoms with Crippen LogP contribution in [0.4, 0.5) is 0 Å². The van der Waals surface area contributed by atoms with E-state index >= 15 is 0 Å². The van der Waals surface area contributed by atoms with Crippen molar-refractivity contribution in [2.75, 3.05) is 34.2 Å². The molecule has 0 bridgehead atoms. The van der Waals surface area contributed by atoms with Crippen LogP contribution in [0, 0.1) is 0 Å². The van der Waals surface area contributed by atoms with E-state index in [9.17, 15) is 13.2 Å². The Hall–Kier alpha value is -1.81. The number of nitrogens with zero attached hydrogens (tertiary/aromatic N) is 3. The summed E-state index contributed by atoms with van der Waals surface area (Å²) in [6.45, 7) is 0.162. The number of rotatable bonds is 8. The minimum Gasteiger partial charge on any atom is -0.353 e. The third kappa shape index (κ3) is 5.08. The molecule has 2 rings (SSSR count). The molecule has 0 aliphatic heterocycles. The third-order valence-electron chi connectivity index (χ3n) is 3.70. The number of sulfonamides is 1. The maximum atomic E-state index is 12.4. The van der Waals surface area contributed by atoms with Crippen LogP contribution < -0.4 is 5.32 Å². The number of likely N-dealkylation sites (N-methyl/N-ethyl adjacent to an activating group) is 2. The molecule has 0 fully saturated rings. The molecule has 25 heavy (non-hydrogen) atoms. The Morgan fingerprint density at radius 2 is 2.04 bits per heavy atom. The molecule has 2 heterocycles. The lowest BCUT2D eigenvalue weighted by Crippen LogP contribution is -2.41. The number of amides is 1. The van der Waals surface area contributed by atoms with Crippen LogP contribution in [-0.2, 0) is 14.8 Å². The van der Waals surface area contributed by atoms with Crippen LogP contribution in [0.15, 0.2) is 46.9 Å². The van der Waals surface area contributed by atoms with E-state index in [1.807, 2.05) is 36.5 Å². The molecule has 136 valence electrons.